The first-order chi connectivity index (χ1) is 27.2. The smallest absolute Gasteiger partial charge is 0.169 e. The maximum Gasteiger partial charge on any atom is 0.169 e. The standard InChI is InChI=1S/C50H45N3O3/c1-5-6-7-8-11-16-33-21-23-37(24-22-33)48-51-49(38-27-25-35(26-28-38)34-17-12-9-13-18-34)53-50(52-48)41-30(2)39-29-40-31(3)46(55)47(56)42(36-19-14-10-15-20-36)43(40)44(39)45(54)32(41)4/h5-7,9-10,12-15,17-28,49,54-56H,1,8,11,16,29H2,2-4H3,(H,51,52,53)/b7-6-. The molecule has 0 bridgehead atoms. The fourth-order valence-electron chi connectivity index (χ4n) is 8.17. The number of aryl methyl sites for hydroxylation is 1. The van der Waals surface area contributed by atoms with Crippen molar-refractivity contribution in [3.8, 4) is 50.6 Å². The topological polar surface area (TPSA) is 97.4 Å². The lowest BCUT2D eigenvalue weighted by atomic mass is 9.87. The van der Waals surface area contributed by atoms with Gasteiger partial charge in [0, 0.05) is 33.4 Å². The van der Waals surface area contributed by atoms with Gasteiger partial charge in [-0.2, -0.15) is 0 Å². The van der Waals surface area contributed by atoms with E-state index in [9.17, 15) is 15.3 Å². The SMILES string of the molecule is C=C/C=C\CCCc1ccc(C2=NC(c3ccc(-c4ccccc4)cc3)N=C(c3c(C)c(O)c4c(c3C)Cc3c(C)c(O)c(O)c(-c5ccccc5)c3-4)N2)cc1. The van der Waals surface area contributed by atoms with Gasteiger partial charge in [0.1, 0.15) is 17.4 Å². The number of aromatic hydroxyl groups is 3. The van der Waals surface area contributed by atoms with Crippen molar-refractivity contribution in [3.05, 3.63) is 184 Å². The van der Waals surface area contributed by atoms with Crippen LogP contribution in [-0.4, -0.2) is 27.0 Å². The first kappa shape index (κ1) is 36.3. The second-order valence-corrected chi connectivity index (χ2v) is 14.6. The molecule has 0 radical (unpaired) electrons. The zero-order valence-corrected chi connectivity index (χ0v) is 32.0. The Morgan fingerprint density at radius 2 is 1.21 bits per heavy atom. The minimum absolute atomic E-state index is 0.130. The number of phenols is 3. The van der Waals surface area contributed by atoms with Gasteiger partial charge >= 0.3 is 0 Å². The normalized spacial score (nSPS) is 14.5. The molecule has 2 aliphatic rings. The van der Waals surface area contributed by atoms with Gasteiger partial charge in [-0.1, -0.05) is 134 Å². The molecule has 1 unspecified atom stereocenters. The van der Waals surface area contributed by atoms with E-state index >= 15 is 0 Å². The summed E-state index contributed by atoms with van der Waals surface area (Å²) in [6.07, 6.45) is 8.92. The predicted octanol–water partition coefficient (Wildman–Crippen LogP) is 11.2. The zero-order chi connectivity index (χ0) is 38.9. The summed E-state index contributed by atoms with van der Waals surface area (Å²) in [5.41, 5.74) is 13.0. The van der Waals surface area contributed by atoms with Gasteiger partial charge in [-0.25, -0.2) is 9.98 Å². The highest BCUT2D eigenvalue weighted by Crippen LogP contribution is 2.56. The Balaban J connectivity index is 1.22. The van der Waals surface area contributed by atoms with Gasteiger partial charge in [-0.15, -0.1) is 0 Å². The van der Waals surface area contributed by atoms with Crippen molar-refractivity contribution >= 4 is 11.7 Å². The molecule has 0 amide bonds. The molecule has 6 aromatic rings. The lowest BCUT2D eigenvalue weighted by Crippen LogP contribution is -2.37. The summed E-state index contributed by atoms with van der Waals surface area (Å²) in [6, 6.07) is 36.8. The summed E-state index contributed by atoms with van der Waals surface area (Å²) in [5, 5.41) is 38.3. The highest BCUT2D eigenvalue weighted by atomic mass is 16.3. The summed E-state index contributed by atoms with van der Waals surface area (Å²) in [4.78, 5) is 10.4. The van der Waals surface area contributed by atoms with Gasteiger partial charge in [0.2, 0.25) is 0 Å². The number of rotatable bonds is 10. The Kier molecular flexibility index (Phi) is 9.88. The van der Waals surface area contributed by atoms with Crippen molar-refractivity contribution in [2.75, 3.05) is 0 Å². The van der Waals surface area contributed by atoms with Crippen LogP contribution in [0.4, 0.5) is 0 Å². The Morgan fingerprint density at radius 3 is 1.89 bits per heavy atom. The molecule has 0 saturated heterocycles. The molecule has 1 aliphatic heterocycles. The van der Waals surface area contributed by atoms with Gasteiger partial charge in [-0.05, 0) is 96.5 Å². The molecule has 1 aliphatic carbocycles. The van der Waals surface area contributed by atoms with E-state index in [1.165, 1.54) is 5.56 Å². The third-order valence-electron chi connectivity index (χ3n) is 11.2. The quantitative estimate of drug-likeness (QED) is 0.0639. The molecule has 6 heteroatoms. The minimum atomic E-state index is -0.533. The van der Waals surface area contributed by atoms with E-state index in [1.807, 2.05) is 68.5 Å². The maximum absolute atomic E-state index is 12.2. The van der Waals surface area contributed by atoms with Crippen molar-refractivity contribution in [3.63, 3.8) is 0 Å². The third kappa shape index (κ3) is 6.58. The number of phenolic OH excluding ortho intramolecular Hbond substituents is 3. The summed E-state index contributed by atoms with van der Waals surface area (Å²) < 4.78 is 0. The molecule has 0 fully saturated rings. The van der Waals surface area contributed by atoms with Crippen LogP contribution in [0, 0.1) is 20.8 Å². The molecular formula is C50H45N3O3. The number of fused-ring (bicyclic) bond motifs is 3. The summed E-state index contributed by atoms with van der Waals surface area (Å²) in [5.74, 6) is 1.13. The zero-order valence-electron chi connectivity index (χ0n) is 32.0. The van der Waals surface area contributed by atoms with Crippen molar-refractivity contribution in [1.82, 2.24) is 5.32 Å². The molecular weight excluding hydrogens is 691 g/mol. The van der Waals surface area contributed by atoms with E-state index in [4.69, 9.17) is 9.98 Å². The van der Waals surface area contributed by atoms with Crippen LogP contribution in [0.5, 0.6) is 17.2 Å². The van der Waals surface area contributed by atoms with Crippen LogP contribution in [0.2, 0.25) is 0 Å². The Labute approximate surface area is 328 Å². The van der Waals surface area contributed by atoms with Crippen LogP contribution >= 0.6 is 0 Å². The number of hydrogen-bond donors (Lipinski definition) is 4. The average Bonchev–Trinajstić information content (AvgIpc) is 3.64. The number of nitrogens with one attached hydrogen (secondary N) is 1. The number of nitrogens with zero attached hydrogens (tertiary/aromatic N) is 2. The van der Waals surface area contributed by atoms with Crippen LogP contribution in [-0.2, 0) is 12.8 Å². The van der Waals surface area contributed by atoms with E-state index in [0.717, 1.165) is 74.9 Å². The van der Waals surface area contributed by atoms with Crippen LogP contribution in [0.25, 0.3) is 33.4 Å². The van der Waals surface area contributed by atoms with Gasteiger partial charge in [-0.3, -0.25) is 0 Å². The van der Waals surface area contributed by atoms with E-state index in [0.29, 0.717) is 40.3 Å². The van der Waals surface area contributed by atoms with Gasteiger partial charge in [0.15, 0.2) is 17.7 Å². The largest absolute Gasteiger partial charge is 0.507 e. The maximum atomic E-state index is 12.2. The molecule has 6 aromatic carbocycles. The van der Waals surface area contributed by atoms with Crippen molar-refractivity contribution in [2.24, 2.45) is 9.98 Å². The second kappa shape index (κ2) is 15.2. The number of hydrogen-bond acceptors (Lipinski definition) is 6. The molecule has 0 spiro atoms. The fourth-order valence-corrected chi connectivity index (χ4v) is 8.17. The van der Waals surface area contributed by atoms with E-state index in [-0.39, 0.29) is 17.2 Å². The molecule has 1 heterocycles. The highest BCUT2D eigenvalue weighted by molar-refractivity contribution is 6.17. The molecule has 1 atom stereocenters. The number of allylic oxidation sites excluding steroid dienone is 3. The lowest BCUT2D eigenvalue weighted by Gasteiger charge is -2.26. The number of amidine groups is 2. The molecule has 8 rings (SSSR count). The Bertz CT molecular complexity index is 2550. The van der Waals surface area contributed by atoms with Crippen LogP contribution in [0.15, 0.2) is 144 Å². The molecule has 56 heavy (non-hydrogen) atoms. The highest BCUT2D eigenvalue weighted by Gasteiger charge is 2.35. The van der Waals surface area contributed by atoms with Gasteiger partial charge in [0.25, 0.3) is 0 Å². The summed E-state index contributed by atoms with van der Waals surface area (Å²) >= 11 is 0. The first-order valence-electron chi connectivity index (χ1n) is 19.2. The molecule has 0 saturated carbocycles. The second-order valence-electron chi connectivity index (χ2n) is 14.6. The van der Waals surface area contributed by atoms with Crippen LogP contribution < -0.4 is 5.32 Å². The molecule has 6 nitrogen and oxygen atoms in total. The van der Waals surface area contributed by atoms with Crippen molar-refractivity contribution < 1.29 is 15.3 Å². The third-order valence-corrected chi connectivity index (χ3v) is 11.2. The first-order valence-corrected chi connectivity index (χ1v) is 19.2. The van der Waals surface area contributed by atoms with Crippen LogP contribution in [0.1, 0.15) is 69.1 Å². The van der Waals surface area contributed by atoms with Crippen molar-refractivity contribution in [2.45, 2.75) is 52.6 Å². The minimum Gasteiger partial charge on any atom is -0.507 e. The van der Waals surface area contributed by atoms with Gasteiger partial charge < -0.3 is 20.6 Å². The number of unbranched alkanes of at least 4 members (excludes halogenated alkanes) is 1. The number of benzene rings is 6. The molecule has 0 aromatic heterocycles. The Hall–Kier alpha value is -6.66. The van der Waals surface area contributed by atoms with Gasteiger partial charge in [0.05, 0.1) is 0 Å². The van der Waals surface area contributed by atoms with E-state index < -0.39 is 6.17 Å². The fraction of sp³-hybridized carbons (Fsp3) is 0.160. The number of aliphatic imine (C=N–C) groups is 2. The Morgan fingerprint density at radius 1 is 0.607 bits per heavy atom. The van der Waals surface area contributed by atoms with Crippen molar-refractivity contribution in [1.29, 1.82) is 0 Å². The van der Waals surface area contributed by atoms with E-state index in [2.05, 4.69) is 85.6 Å². The van der Waals surface area contributed by atoms with Crippen LogP contribution in [0.3, 0.4) is 0 Å². The predicted molar refractivity (Wildman–Crippen MR) is 229 cm³/mol. The lowest BCUT2D eigenvalue weighted by molar-refractivity contribution is 0.402. The van der Waals surface area contributed by atoms with E-state index in [1.54, 1.807) is 6.08 Å². The monoisotopic (exact) mass is 735 g/mol. The summed E-state index contributed by atoms with van der Waals surface area (Å²) in [7, 11) is 0. The molecule has 278 valence electrons. The average molecular weight is 736 g/mol. The molecule has 4 N–H and O–H groups in total. The summed E-state index contributed by atoms with van der Waals surface area (Å²) in [6.45, 7) is 9.57.